The van der Waals surface area contributed by atoms with Crippen LogP contribution in [0.1, 0.15) is 24.5 Å². The van der Waals surface area contributed by atoms with Crippen LogP contribution < -0.4 is 0 Å². The molecular formula is C11H14O3. The Bertz CT molecular complexity index is 331. The normalized spacial score (nSPS) is 10.1. The molecule has 0 spiro atoms. The highest BCUT2D eigenvalue weighted by atomic mass is 16.3. The number of ketones is 1. The maximum atomic E-state index is 10.7. The van der Waals surface area contributed by atoms with E-state index in [1.807, 2.05) is 6.07 Å². The van der Waals surface area contributed by atoms with E-state index in [1.54, 1.807) is 19.1 Å². The predicted octanol–water partition coefficient (Wildman–Crippen LogP) is 1.41. The Hall–Kier alpha value is -1.35. The van der Waals surface area contributed by atoms with Crippen molar-refractivity contribution >= 4 is 5.78 Å². The van der Waals surface area contributed by atoms with Crippen molar-refractivity contribution in [2.24, 2.45) is 0 Å². The fraction of sp³-hybridized carbons (Fsp3) is 0.364. The summed E-state index contributed by atoms with van der Waals surface area (Å²) in [7, 11) is 0. The zero-order valence-corrected chi connectivity index (χ0v) is 8.16. The highest BCUT2D eigenvalue weighted by Crippen LogP contribution is 2.19. The number of hydrogen-bond acceptors (Lipinski definition) is 3. The van der Waals surface area contributed by atoms with Crippen molar-refractivity contribution in [3.63, 3.8) is 0 Å². The van der Waals surface area contributed by atoms with Crippen molar-refractivity contribution in [3.8, 4) is 5.75 Å². The van der Waals surface area contributed by atoms with E-state index in [0.29, 0.717) is 18.4 Å². The Kier molecular flexibility index (Phi) is 3.65. The molecule has 0 saturated carbocycles. The first-order valence-electron chi connectivity index (χ1n) is 4.54. The van der Waals surface area contributed by atoms with Crippen LogP contribution in [0.4, 0.5) is 0 Å². The molecule has 0 amide bonds. The Labute approximate surface area is 83.0 Å². The molecule has 0 atom stereocenters. The van der Waals surface area contributed by atoms with Crippen LogP contribution in [0.3, 0.4) is 0 Å². The quantitative estimate of drug-likeness (QED) is 0.761. The second kappa shape index (κ2) is 4.77. The van der Waals surface area contributed by atoms with Crippen molar-refractivity contribution in [2.75, 3.05) is 0 Å². The summed E-state index contributed by atoms with van der Waals surface area (Å²) in [6, 6.07) is 5.08. The van der Waals surface area contributed by atoms with Gasteiger partial charge >= 0.3 is 0 Å². The lowest BCUT2D eigenvalue weighted by Crippen LogP contribution is -1.94. The molecule has 1 aromatic carbocycles. The summed E-state index contributed by atoms with van der Waals surface area (Å²) >= 11 is 0. The van der Waals surface area contributed by atoms with Gasteiger partial charge in [-0.1, -0.05) is 12.1 Å². The van der Waals surface area contributed by atoms with E-state index in [1.165, 1.54) is 0 Å². The maximum Gasteiger partial charge on any atom is 0.130 e. The molecule has 2 N–H and O–H groups in total. The zero-order valence-electron chi connectivity index (χ0n) is 8.16. The molecule has 0 radical (unpaired) electrons. The number of rotatable bonds is 4. The molecule has 76 valence electrons. The fourth-order valence-corrected chi connectivity index (χ4v) is 1.22. The van der Waals surface area contributed by atoms with Crippen LogP contribution in [0.15, 0.2) is 18.2 Å². The van der Waals surface area contributed by atoms with Gasteiger partial charge in [0.15, 0.2) is 0 Å². The first kappa shape index (κ1) is 10.7. The van der Waals surface area contributed by atoms with Crippen molar-refractivity contribution in [1.82, 2.24) is 0 Å². The first-order valence-corrected chi connectivity index (χ1v) is 4.54. The molecule has 0 unspecified atom stereocenters. The fourth-order valence-electron chi connectivity index (χ4n) is 1.22. The molecule has 1 rings (SSSR count). The third-order valence-corrected chi connectivity index (χ3v) is 2.09. The molecule has 0 saturated heterocycles. The van der Waals surface area contributed by atoms with Gasteiger partial charge in [-0.3, -0.25) is 0 Å². The number of Topliss-reactive ketones (excluding diaryl/α,β-unsaturated/α-hetero) is 1. The van der Waals surface area contributed by atoms with Crippen LogP contribution in [0.25, 0.3) is 0 Å². The lowest BCUT2D eigenvalue weighted by Gasteiger charge is -2.04. The summed E-state index contributed by atoms with van der Waals surface area (Å²) in [4.78, 5) is 10.7. The van der Waals surface area contributed by atoms with Gasteiger partial charge in [0.05, 0.1) is 6.61 Å². The van der Waals surface area contributed by atoms with Crippen LogP contribution in [0, 0.1) is 0 Å². The minimum Gasteiger partial charge on any atom is -0.508 e. The predicted molar refractivity (Wildman–Crippen MR) is 53.0 cm³/mol. The van der Waals surface area contributed by atoms with E-state index in [2.05, 4.69) is 0 Å². The third-order valence-electron chi connectivity index (χ3n) is 2.09. The molecule has 0 bridgehead atoms. The minimum atomic E-state index is -0.168. The first-order chi connectivity index (χ1) is 6.63. The summed E-state index contributed by atoms with van der Waals surface area (Å²) in [5.41, 5.74) is 1.42. The summed E-state index contributed by atoms with van der Waals surface area (Å²) in [6.07, 6.45) is 1.12. The van der Waals surface area contributed by atoms with Crippen LogP contribution in [0.2, 0.25) is 0 Å². The van der Waals surface area contributed by atoms with E-state index in [4.69, 9.17) is 5.11 Å². The third kappa shape index (κ3) is 2.85. The number of aromatic hydroxyl groups is 1. The second-order valence-corrected chi connectivity index (χ2v) is 3.32. The van der Waals surface area contributed by atoms with Gasteiger partial charge < -0.3 is 15.0 Å². The molecule has 0 aromatic heterocycles. The standard InChI is InChI=1S/C11H14O3/c1-8(13)2-3-9-4-5-10(7-12)11(14)6-9/h4-6,12,14H,2-3,7H2,1H3. The molecule has 1 aromatic rings. The van der Waals surface area contributed by atoms with Gasteiger partial charge in [0.25, 0.3) is 0 Å². The number of phenols is 1. The number of aliphatic hydroxyl groups is 1. The molecule has 3 nitrogen and oxygen atoms in total. The van der Waals surface area contributed by atoms with Crippen molar-refractivity contribution in [1.29, 1.82) is 0 Å². The van der Waals surface area contributed by atoms with E-state index in [9.17, 15) is 9.90 Å². The van der Waals surface area contributed by atoms with Gasteiger partial charge in [-0.2, -0.15) is 0 Å². The van der Waals surface area contributed by atoms with Gasteiger partial charge in [-0.15, -0.1) is 0 Å². The zero-order chi connectivity index (χ0) is 10.6. The summed E-state index contributed by atoms with van der Waals surface area (Å²) in [5.74, 6) is 0.226. The summed E-state index contributed by atoms with van der Waals surface area (Å²) in [6.45, 7) is 1.38. The molecule has 0 aliphatic rings. The maximum absolute atomic E-state index is 10.7. The average Bonchev–Trinajstić information content (AvgIpc) is 2.15. The highest BCUT2D eigenvalue weighted by molar-refractivity contribution is 5.75. The van der Waals surface area contributed by atoms with Crippen LogP contribution in [-0.4, -0.2) is 16.0 Å². The Morgan fingerprint density at radius 2 is 2.14 bits per heavy atom. The van der Waals surface area contributed by atoms with Crippen LogP contribution >= 0.6 is 0 Å². The molecule has 0 heterocycles. The number of carbonyl (C=O) groups excluding carboxylic acids is 1. The number of carbonyl (C=O) groups is 1. The molecule has 0 aliphatic carbocycles. The molecule has 3 heteroatoms. The number of hydrogen-bond donors (Lipinski definition) is 2. The Morgan fingerprint density at radius 1 is 1.43 bits per heavy atom. The summed E-state index contributed by atoms with van der Waals surface area (Å²) in [5, 5.41) is 18.2. The number of benzene rings is 1. The van der Waals surface area contributed by atoms with Crippen molar-refractivity contribution in [3.05, 3.63) is 29.3 Å². The highest BCUT2D eigenvalue weighted by Gasteiger charge is 2.02. The Morgan fingerprint density at radius 3 is 2.64 bits per heavy atom. The Balaban J connectivity index is 2.71. The lowest BCUT2D eigenvalue weighted by molar-refractivity contribution is -0.116. The largest absolute Gasteiger partial charge is 0.508 e. The number of aliphatic hydroxyl groups excluding tert-OH is 1. The van der Waals surface area contributed by atoms with E-state index in [-0.39, 0.29) is 18.1 Å². The SMILES string of the molecule is CC(=O)CCc1ccc(CO)c(O)c1. The van der Waals surface area contributed by atoms with Gasteiger partial charge in [-0.05, 0) is 25.0 Å². The lowest BCUT2D eigenvalue weighted by atomic mass is 10.1. The monoisotopic (exact) mass is 194 g/mol. The molecule has 0 fully saturated rings. The van der Waals surface area contributed by atoms with Gasteiger partial charge in [-0.25, -0.2) is 0 Å². The van der Waals surface area contributed by atoms with Gasteiger partial charge in [0.1, 0.15) is 11.5 Å². The average molecular weight is 194 g/mol. The van der Waals surface area contributed by atoms with Crippen molar-refractivity contribution < 1.29 is 15.0 Å². The molecule has 14 heavy (non-hydrogen) atoms. The van der Waals surface area contributed by atoms with E-state index < -0.39 is 0 Å². The molecular weight excluding hydrogens is 180 g/mol. The van der Waals surface area contributed by atoms with Crippen molar-refractivity contribution in [2.45, 2.75) is 26.4 Å². The molecule has 0 aliphatic heterocycles. The van der Waals surface area contributed by atoms with Gasteiger partial charge in [0.2, 0.25) is 0 Å². The summed E-state index contributed by atoms with van der Waals surface area (Å²) < 4.78 is 0. The van der Waals surface area contributed by atoms with E-state index >= 15 is 0 Å². The van der Waals surface area contributed by atoms with Crippen LogP contribution in [0.5, 0.6) is 5.75 Å². The number of aryl methyl sites for hydroxylation is 1. The minimum absolute atomic E-state index is 0.0913. The second-order valence-electron chi connectivity index (χ2n) is 3.32. The van der Waals surface area contributed by atoms with E-state index in [0.717, 1.165) is 5.56 Å². The van der Waals surface area contributed by atoms with Crippen LogP contribution in [-0.2, 0) is 17.8 Å². The van der Waals surface area contributed by atoms with Gasteiger partial charge in [0, 0.05) is 12.0 Å². The smallest absolute Gasteiger partial charge is 0.130 e. The topological polar surface area (TPSA) is 57.5 Å².